The summed E-state index contributed by atoms with van der Waals surface area (Å²) in [6.45, 7) is 4.92. The van der Waals surface area contributed by atoms with Crippen LogP contribution in [0.2, 0.25) is 0 Å². The zero-order chi connectivity index (χ0) is 44.1. The molecule has 0 aliphatic carbocycles. The Labute approximate surface area is 383 Å². The van der Waals surface area contributed by atoms with Crippen molar-refractivity contribution in [2.45, 2.75) is 36.9 Å². The van der Waals surface area contributed by atoms with E-state index in [-0.39, 0.29) is 35.0 Å². The zero-order valence-corrected chi connectivity index (χ0v) is 43.8. The van der Waals surface area contributed by atoms with Gasteiger partial charge in [0.2, 0.25) is 0 Å². The van der Waals surface area contributed by atoms with Gasteiger partial charge in [-0.3, -0.25) is 4.72 Å². The number of anilines is 2. The third-order valence-electron chi connectivity index (χ3n) is 8.01. The van der Waals surface area contributed by atoms with Crippen LogP contribution in [-0.4, -0.2) is 69.8 Å². The molecular formula is C36H41ClI4N4O12S2. The fourth-order valence-electron chi connectivity index (χ4n) is 5.14. The Morgan fingerprint density at radius 2 is 1.12 bits per heavy atom. The summed E-state index contributed by atoms with van der Waals surface area (Å²) in [7, 11) is 6.09. The zero-order valence-electron chi connectivity index (χ0n) is 32.8. The molecule has 59 heavy (non-hydrogen) atoms. The number of nitrogen functional groups attached to an aromatic ring is 1. The first-order chi connectivity index (χ1) is 27.8. The summed E-state index contributed by atoms with van der Waals surface area (Å²) in [5, 5.41) is 8.99. The van der Waals surface area contributed by atoms with Crippen LogP contribution >= 0.6 is 74.4 Å². The normalized spacial score (nSPS) is 11.3. The number of methoxy groups -OCH3 is 6. The number of fused-ring (bicyclic) bond motifs is 2. The Bertz CT molecular complexity index is 2560. The van der Waals surface area contributed by atoms with E-state index in [0.717, 1.165) is 27.6 Å². The van der Waals surface area contributed by atoms with Gasteiger partial charge in [-0.1, -0.05) is 10.3 Å². The first-order valence-corrected chi connectivity index (χ1v) is 39.1. The second-order valence-corrected chi connectivity index (χ2v) is 64.7. The SMILES string of the molecule is COCc1cc2onc(N)c2cc1C.COCc1cc2onc(NS(=O)(=O)c3ccc(OC)cc3OC)c2cc1C.COc1ccc(S(=O)(=O)Cl)c(OC)c1.II(I)I. The number of halogens is 5. The van der Waals surface area contributed by atoms with Crippen LogP contribution in [-0.2, 0) is 41.8 Å². The number of hydrogen-bond acceptors (Lipinski definition) is 15. The van der Waals surface area contributed by atoms with Crippen molar-refractivity contribution in [3.8, 4) is 23.0 Å². The van der Waals surface area contributed by atoms with Crippen LogP contribution < -0.4 is 29.4 Å². The molecule has 0 aliphatic heterocycles. The average Bonchev–Trinajstić information content (AvgIpc) is 3.74. The topological polar surface area (TPSA) is 214 Å². The van der Waals surface area contributed by atoms with E-state index in [1.807, 2.05) is 32.0 Å². The molecule has 0 radical (unpaired) electrons. The first-order valence-electron chi connectivity index (χ1n) is 16.5. The summed E-state index contributed by atoms with van der Waals surface area (Å²) >= 11 is 7.42. The van der Waals surface area contributed by atoms with Gasteiger partial charge in [0.1, 0.15) is 32.8 Å². The van der Waals surface area contributed by atoms with Gasteiger partial charge in [0.05, 0.1) is 52.4 Å². The second-order valence-electron chi connectivity index (χ2n) is 11.8. The molecule has 0 bridgehead atoms. The van der Waals surface area contributed by atoms with Crippen LogP contribution in [0.1, 0.15) is 22.3 Å². The Morgan fingerprint density at radius 1 is 0.678 bits per heavy atom. The fraction of sp³-hybridized carbons (Fsp3) is 0.278. The Balaban J connectivity index is 0.000000245. The van der Waals surface area contributed by atoms with Crippen LogP contribution in [0.5, 0.6) is 23.0 Å². The van der Waals surface area contributed by atoms with Crippen LogP contribution in [0, 0.1) is 13.8 Å². The molecule has 4 aromatic carbocycles. The molecule has 0 saturated heterocycles. The Morgan fingerprint density at radius 3 is 1.58 bits per heavy atom. The van der Waals surface area contributed by atoms with Crippen molar-refractivity contribution < 1.29 is 54.3 Å². The Hall–Kier alpha value is -2.35. The standard InChI is InChI=1S/C18H20N2O6S.C10H12N2O2.C8H9ClO4S.I4/c1-11-7-14-15(8-12(11)10-23-2)26-19-18(14)20-27(21,22)17-6-5-13(24-3)9-16(17)25-4;1-6-3-8-9(14-12-10(8)11)4-7(6)5-13-2;1-12-6-3-4-8(14(9,10)11)7(5-6)13-2;1-4(2)3/h5-9H,10H2,1-4H3,(H,19,20);3-4H,5H2,1-2H3,(H2,11,12);3-5H,1-2H3;. The fourth-order valence-corrected chi connectivity index (χ4v) is 7.30. The van der Waals surface area contributed by atoms with E-state index in [9.17, 15) is 16.8 Å². The van der Waals surface area contributed by atoms with Gasteiger partial charge in [0.25, 0.3) is 19.1 Å². The minimum atomic E-state index is -3.95. The van der Waals surface area contributed by atoms with Crippen molar-refractivity contribution in [1.29, 1.82) is 0 Å². The molecule has 2 heterocycles. The van der Waals surface area contributed by atoms with Crippen molar-refractivity contribution in [3.63, 3.8) is 0 Å². The maximum atomic E-state index is 12.8. The van der Waals surface area contributed by atoms with Crippen LogP contribution in [0.3, 0.4) is 0 Å². The van der Waals surface area contributed by atoms with Gasteiger partial charge in [0, 0.05) is 37.0 Å². The third-order valence-corrected chi connectivity index (χ3v) is 10.7. The molecule has 6 rings (SSSR count). The van der Waals surface area contributed by atoms with Crippen LogP contribution in [0.25, 0.3) is 21.9 Å². The van der Waals surface area contributed by atoms with Gasteiger partial charge < -0.3 is 43.2 Å². The van der Waals surface area contributed by atoms with E-state index in [1.54, 1.807) is 26.4 Å². The molecule has 0 saturated carbocycles. The van der Waals surface area contributed by atoms with Crippen LogP contribution in [0.15, 0.2) is 79.5 Å². The van der Waals surface area contributed by atoms with Crippen molar-refractivity contribution in [1.82, 2.24) is 10.3 Å². The summed E-state index contributed by atoms with van der Waals surface area (Å²) < 4.78 is 90.9. The maximum absolute atomic E-state index is 12.8. The van der Waals surface area contributed by atoms with Crippen molar-refractivity contribution in [2.24, 2.45) is 0 Å². The van der Waals surface area contributed by atoms with Crippen molar-refractivity contribution in [3.05, 3.63) is 82.9 Å². The number of sulfonamides is 1. The van der Waals surface area contributed by atoms with Crippen LogP contribution in [0.4, 0.5) is 11.6 Å². The number of nitrogens with two attached hydrogens (primary N) is 1. The van der Waals surface area contributed by atoms with E-state index >= 15 is 0 Å². The third kappa shape index (κ3) is 14.6. The minimum absolute atomic E-state index is 0.0327. The number of nitrogens with zero attached hydrogens (tertiary/aromatic N) is 2. The predicted molar refractivity (Wildman–Crippen MR) is 262 cm³/mol. The van der Waals surface area contributed by atoms with Crippen molar-refractivity contribution in [2.75, 3.05) is 53.1 Å². The van der Waals surface area contributed by atoms with Gasteiger partial charge in [-0.15, -0.1) is 0 Å². The summed E-state index contributed by atoms with van der Waals surface area (Å²) in [5.41, 5.74) is 10.9. The summed E-state index contributed by atoms with van der Waals surface area (Å²) in [4.78, 5) is -0.0999. The molecule has 6 aromatic rings. The number of benzene rings is 4. The number of aromatic nitrogens is 2. The average molecular weight is 1330 g/mol. The van der Waals surface area contributed by atoms with Gasteiger partial charge in [-0.2, -0.15) is 0 Å². The molecular weight excluding hydrogens is 1290 g/mol. The summed E-state index contributed by atoms with van der Waals surface area (Å²) in [5.74, 6) is 1.86. The molecule has 0 amide bonds. The number of hydrogen-bond donors (Lipinski definition) is 2. The molecule has 23 heteroatoms. The molecule has 2 aromatic heterocycles. The number of rotatable bonds is 12. The predicted octanol–water partition coefficient (Wildman–Crippen LogP) is 10.1. The molecule has 3 N–H and O–H groups in total. The molecule has 0 atom stereocenters. The number of nitrogens with one attached hydrogen (secondary N) is 1. The summed E-state index contributed by atoms with van der Waals surface area (Å²) in [6.07, 6.45) is 0. The van der Waals surface area contributed by atoms with Gasteiger partial charge in [-0.05, 0) is 84.6 Å². The van der Waals surface area contributed by atoms with E-state index in [1.165, 1.54) is 58.8 Å². The monoisotopic (exact) mass is 1330 g/mol. The number of aryl methyl sites for hydroxylation is 2. The Kier molecular flexibility index (Phi) is 20.5. The van der Waals surface area contributed by atoms with Gasteiger partial charge in [0.15, 0.2) is 22.8 Å². The quantitative estimate of drug-likeness (QED) is 0.0861. The molecule has 16 nitrogen and oxygen atoms in total. The van der Waals surface area contributed by atoms with E-state index in [2.05, 4.69) is 70.9 Å². The molecule has 0 aliphatic rings. The molecule has 0 unspecified atom stereocenters. The molecule has 324 valence electrons. The molecule has 0 spiro atoms. The second kappa shape index (κ2) is 23.8. The van der Waals surface area contributed by atoms with Crippen molar-refractivity contribution >= 4 is 127 Å². The first kappa shape index (κ1) is 51.0. The van der Waals surface area contributed by atoms with E-state index in [0.29, 0.717) is 47.1 Å². The summed E-state index contributed by atoms with van der Waals surface area (Å²) in [6, 6.07) is 16.2. The number of ether oxygens (including phenoxy) is 6. The molecule has 0 fully saturated rings. The van der Waals surface area contributed by atoms with Gasteiger partial charge in [-0.25, -0.2) is 16.8 Å². The van der Waals surface area contributed by atoms with E-state index in [4.69, 9.17) is 53.9 Å². The van der Waals surface area contributed by atoms with E-state index < -0.39 is 19.1 Å². The van der Waals surface area contributed by atoms with Gasteiger partial charge >= 0.3 is 63.7 Å².